The van der Waals surface area contributed by atoms with E-state index < -0.39 is 11.2 Å². The van der Waals surface area contributed by atoms with Crippen molar-refractivity contribution in [2.45, 2.75) is 58.0 Å². The summed E-state index contributed by atoms with van der Waals surface area (Å²) in [5.41, 5.74) is 0. The lowest BCUT2D eigenvalue weighted by Crippen LogP contribution is -2.03. The second-order valence-corrected chi connectivity index (χ2v) is 5.50. The molecule has 0 aliphatic rings. The Kier molecular flexibility index (Phi) is 6.48. The van der Waals surface area contributed by atoms with Crippen LogP contribution in [0.15, 0.2) is 6.20 Å². The van der Waals surface area contributed by atoms with Crippen LogP contribution >= 0.6 is 11.3 Å². The molecule has 0 radical (unpaired) electrons. The van der Waals surface area contributed by atoms with Crippen LogP contribution in [0.4, 0.5) is 13.2 Å². The number of carbonyl (C=O) groups is 1. The van der Waals surface area contributed by atoms with Crippen molar-refractivity contribution in [3.05, 3.63) is 16.1 Å². The van der Waals surface area contributed by atoms with Crippen molar-refractivity contribution in [1.29, 1.82) is 0 Å². The Bertz CT molecular complexity index is 401. The fraction of sp³-hybridized carbons (Fsp3) is 0.692. The minimum atomic E-state index is -4.46. The maximum Gasteiger partial charge on any atom is 0.443 e. The summed E-state index contributed by atoms with van der Waals surface area (Å²) in [6, 6.07) is 0. The molecule has 0 aliphatic carbocycles. The second-order valence-electron chi connectivity index (χ2n) is 4.47. The standard InChI is InChI=1S/C13H18F3NOS/c1-2-3-4-5-6-7-8-10(18)11-9-17-12(19-11)13(14,15)16/h9H,2-8H2,1H3. The molecule has 2 nitrogen and oxygen atoms in total. The highest BCUT2D eigenvalue weighted by molar-refractivity contribution is 7.13. The van der Waals surface area contributed by atoms with Crippen LogP contribution in [0.3, 0.4) is 0 Å². The molecule has 19 heavy (non-hydrogen) atoms. The van der Waals surface area contributed by atoms with Gasteiger partial charge in [-0.05, 0) is 6.42 Å². The Morgan fingerprint density at radius 3 is 2.42 bits per heavy atom. The first-order valence-electron chi connectivity index (χ1n) is 6.51. The van der Waals surface area contributed by atoms with Gasteiger partial charge in [0, 0.05) is 12.6 Å². The number of unbranched alkanes of at least 4 members (excludes halogenated alkanes) is 5. The van der Waals surface area contributed by atoms with Gasteiger partial charge in [0.2, 0.25) is 0 Å². The van der Waals surface area contributed by atoms with Gasteiger partial charge in [-0.15, -0.1) is 11.3 Å². The first-order chi connectivity index (χ1) is 8.95. The van der Waals surface area contributed by atoms with Crippen molar-refractivity contribution in [3.8, 4) is 0 Å². The van der Waals surface area contributed by atoms with Crippen LogP contribution in [0.25, 0.3) is 0 Å². The number of hydrogen-bond acceptors (Lipinski definition) is 3. The van der Waals surface area contributed by atoms with E-state index in [1.54, 1.807) is 0 Å². The molecule has 0 fully saturated rings. The molecular formula is C13H18F3NOS. The monoisotopic (exact) mass is 293 g/mol. The van der Waals surface area contributed by atoms with Crippen LogP contribution in [-0.4, -0.2) is 10.8 Å². The van der Waals surface area contributed by atoms with Crippen molar-refractivity contribution in [2.75, 3.05) is 0 Å². The number of hydrogen-bond donors (Lipinski definition) is 0. The van der Waals surface area contributed by atoms with Gasteiger partial charge in [-0.3, -0.25) is 4.79 Å². The number of nitrogens with zero attached hydrogens (tertiary/aromatic N) is 1. The Balaban J connectivity index is 2.32. The molecule has 0 bridgehead atoms. The molecule has 1 aromatic heterocycles. The fourth-order valence-corrected chi connectivity index (χ4v) is 2.47. The molecule has 1 rings (SSSR count). The molecule has 1 aromatic rings. The summed E-state index contributed by atoms with van der Waals surface area (Å²) in [5, 5.41) is -0.946. The first-order valence-corrected chi connectivity index (χ1v) is 7.33. The maximum atomic E-state index is 12.3. The summed E-state index contributed by atoms with van der Waals surface area (Å²) in [6.45, 7) is 2.13. The lowest BCUT2D eigenvalue weighted by Gasteiger charge is -2.00. The van der Waals surface area contributed by atoms with Crippen LogP contribution in [0.5, 0.6) is 0 Å². The van der Waals surface area contributed by atoms with E-state index in [0.717, 1.165) is 31.9 Å². The number of Topliss-reactive ketones (excluding diaryl/α,β-unsaturated/α-hetero) is 1. The highest BCUT2D eigenvalue weighted by atomic mass is 32.1. The zero-order valence-electron chi connectivity index (χ0n) is 10.9. The van der Waals surface area contributed by atoms with E-state index in [-0.39, 0.29) is 10.7 Å². The molecule has 0 atom stereocenters. The second kappa shape index (κ2) is 7.62. The van der Waals surface area contributed by atoms with Crippen LogP contribution in [0.2, 0.25) is 0 Å². The average molecular weight is 293 g/mol. The number of alkyl halides is 3. The van der Waals surface area contributed by atoms with Gasteiger partial charge in [-0.25, -0.2) is 4.98 Å². The summed E-state index contributed by atoms with van der Waals surface area (Å²) in [7, 11) is 0. The Morgan fingerprint density at radius 1 is 1.21 bits per heavy atom. The van der Waals surface area contributed by atoms with Crippen molar-refractivity contribution >= 4 is 17.1 Å². The van der Waals surface area contributed by atoms with E-state index in [9.17, 15) is 18.0 Å². The number of halogens is 3. The number of ketones is 1. The average Bonchev–Trinajstić information content (AvgIpc) is 2.82. The molecule has 108 valence electrons. The quantitative estimate of drug-likeness (QED) is 0.493. The van der Waals surface area contributed by atoms with E-state index in [2.05, 4.69) is 11.9 Å². The van der Waals surface area contributed by atoms with Gasteiger partial charge in [0.25, 0.3) is 0 Å². The van der Waals surface area contributed by atoms with Gasteiger partial charge in [-0.2, -0.15) is 13.2 Å². The predicted molar refractivity (Wildman–Crippen MR) is 69.4 cm³/mol. The topological polar surface area (TPSA) is 30.0 Å². The lowest BCUT2D eigenvalue weighted by molar-refractivity contribution is -0.137. The summed E-state index contributed by atoms with van der Waals surface area (Å²) in [4.78, 5) is 15.0. The van der Waals surface area contributed by atoms with Gasteiger partial charge in [-0.1, -0.05) is 39.0 Å². The smallest absolute Gasteiger partial charge is 0.293 e. The molecule has 1 heterocycles. The minimum Gasteiger partial charge on any atom is -0.293 e. The van der Waals surface area contributed by atoms with Gasteiger partial charge in [0.1, 0.15) is 0 Å². The number of carbonyl (C=O) groups excluding carboxylic acids is 1. The zero-order valence-corrected chi connectivity index (χ0v) is 11.7. The number of rotatable bonds is 8. The summed E-state index contributed by atoms with van der Waals surface area (Å²) in [5.74, 6) is -0.233. The third kappa shape index (κ3) is 5.72. The third-order valence-corrected chi connectivity index (χ3v) is 3.86. The van der Waals surface area contributed by atoms with Gasteiger partial charge < -0.3 is 0 Å². The van der Waals surface area contributed by atoms with E-state index in [1.165, 1.54) is 12.8 Å². The maximum absolute atomic E-state index is 12.3. The highest BCUT2D eigenvalue weighted by Crippen LogP contribution is 2.32. The molecule has 0 unspecified atom stereocenters. The normalized spacial score (nSPS) is 11.8. The van der Waals surface area contributed by atoms with Crippen LogP contribution < -0.4 is 0 Å². The first kappa shape index (κ1) is 16.1. The summed E-state index contributed by atoms with van der Waals surface area (Å²) in [6.07, 6.45) is 3.18. The Labute approximate surface area is 115 Å². The predicted octanol–water partition coefficient (Wildman–Crippen LogP) is 5.10. The lowest BCUT2D eigenvalue weighted by atomic mass is 10.1. The van der Waals surface area contributed by atoms with E-state index >= 15 is 0 Å². The summed E-state index contributed by atoms with van der Waals surface area (Å²) >= 11 is 0.434. The van der Waals surface area contributed by atoms with Crippen molar-refractivity contribution in [1.82, 2.24) is 4.98 Å². The fourth-order valence-electron chi connectivity index (χ4n) is 1.72. The number of thiazole rings is 1. The van der Waals surface area contributed by atoms with E-state index in [1.807, 2.05) is 0 Å². The van der Waals surface area contributed by atoms with Gasteiger partial charge >= 0.3 is 6.18 Å². The molecule has 0 N–H and O–H groups in total. The number of aromatic nitrogens is 1. The van der Waals surface area contributed by atoms with E-state index in [0.29, 0.717) is 17.8 Å². The molecule has 0 spiro atoms. The van der Waals surface area contributed by atoms with Crippen molar-refractivity contribution in [3.63, 3.8) is 0 Å². The highest BCUT2D eigenvalue weighted by Gasteiger charge is 2.35. The minimum absolute atomic E-state index is 0.112. The van der Waals surface area contributed by atoms with Crippen molar-refractivity contribution in [2.24, 2.45) is 0 Å². The van der Waals surface area contributed by atoms with Crippen LogP contribution in [-0.2, 0) is 6.18 Å². The molecule has 0 saturated carbocycles. The van der Waals surface area contributed by atoms with Crippen LogP contribution in [0.1, 0.15) is 66.5 Å². The molecule has 6 heteroatoms. The largest absolute Gasteiger partial charge is 0.443 e. The SMILES string of the molecule is CCCCCCCCC(=O)c1cnc(C(F)(F)F)s1. The van der Waals surface area contributed by atoms with E-state index in [4.69, 9.17) is 0 Å². The van der Waals surface area contributed by atoms with Gasteiger partial charge in [0.15, 0.2) is 10.8 Å². The third-order valence-electron chi connectivity index (χ3n) is 2.78. The molecule has 0 aromatic carbocycles. The van der Waals surface area contributed by atoms with Gasteiger partial charge in [0.05, 0.1) is 4.88 Å². The molecule has 0 amide bonds. The Morgan fingerprint density at radius 2 is 1.84 bits per heavy atom. The molecule has 0 saturated heterocycles. The summed E-state index contributed by atoms with van der Waals surface area (Å²) < 4.78 is 37.0. The van der Waals surface area contributed by atoms with Crippen LogP contribution in [0, 0.1) is 0 Å². The Hall–Kier alpha value is -0.910. The molecule has 0 aliphatic heterocycles. The zero-order chi connectivity index (χ0) is 14.3. The van der Waals surface area contributed by atoms with Crippen molar-refractivity contribution < 1.29 is 18.0 Å². The molecular weight excluding hydrogens is 275 g/mol.